The number of anilines is 1. The summed E-state index contributed by atoms with van der Waals surface area (Å²) in [5, 5.41) is 7.27. The van der Waals surface area contributed by atoms with Crippen molar-refractivity contribution in [2.45, 2.75) is 6.92 Å². The summed E-state index contributed by atoms with van der Waals surface area (Å²) in [4.78, 5) is 24.9. The molecule has 6 heteroatoms. The van der Waals surface area contributed by atoms with Crippen LogP contribution in [0.25, 0.3) is 10.9 Å². The molecule has 0 spiro atoms. The highest BCUT2D eigenvalue weighted by molar-refractivity contribution is 6.04. The van der Waals surface area contributed by atoms with Gasteiger partial charge in [-0.3, -0.25) is 14.3 Å². The minimum Gasteiger partial charge on any atom is -0.494 e. The number of benzene rings is 2. The summed E-state index contributed by atoms with van der Waals surface area (Å²) < 4.78 is 6.89. The van der Waals surface area contributed by atoms with Crippen molar-refractivity contribution in [3.05, 3.63) is 64.4 Å². The maximum absolute atomic E-state index is 12.5. The summed E-state index contributed by atoms with van der Waals surface area (Å²) in [5.74, 6) is 0.181. The number of aromatic nitrogens is 2. The van der Waals surface area contributed by atoms with E-state index in [1.165, 1.54) is 4.68 Å². The molecule has 0 bridgehead atoms. The quantitative estimate of drug-likeness (QED) is 0.801. The van der Waals surface area contributed by atoms with E-state index in [9.17, 15) is 9.59 Å². The van der Waals surface area contributed by atoms with Crippen molar-refractivity contribution in [3.63, 3.8) is 0 Å². The van der Waals surface area contributed by atoms with E-state index in [4.69, 9.17) is 4.74 Å². The van der Waals surface area contributed by atoms with Crippen molar-refractivity contribution in [1.29, 1.82) is 0 Å². The average molecular weight is 323 g/mol. The monoisotopic (exact) mass is 323 g/mol. The standard InChI is InChI=1S/C18H17N3O3/c1-3-24-13-10-8-12(9-11-13)19-18(23)16-17(22)14-6-4-5-7-15(14)21(2)20-16/h4-11H,3H2,1-2H3,(H,19,23). The predicted molar refractivity (Wildman–Crippen MR) is 92.5 cm³/mol. The van der Waals surface area contributed by atoms with Crippen LogP contribution in [0.4, 0.5) is 5.69 Å². The van der Waals surface area contributed by atoms with Crippen LogP contribution in [0.3, 0.4) is 0 Å². The molecule has 0 atom stereocenters. The zero-order valence-electron chi connectivity index (χ0n) is 13.4. The van der Waals surface area contributed by atoms with Gasteiger partial charge in [-0.05, 0) is 43.3 Å². The van der Waals surface area contributed by atoms with Gasteiger partial charge in [-0.25, -0.2) is 0 Å². The molecule has 0 saturated heterocycles. The van der Waals surface area contributed by atoms with Crippen molar-refractivity contribution >= 4 is 22.5 Å². The Morgan fingerprint density at radius 1 is 1.17 bits per heavy atom. The van der Waals surface area contributed by atoms with Gasteiger partial charge in [0.2, 0.25) is 5.43 Å². The highest BCUT2D eigenvalue weighted by Crippen LogP contribution is 2.16. The van der Waals surface area contributed by atoms with E-state index in [0.29, 0.717) is 23.2 Å². The SMILES string of the molecule is CCOc1ccc(NC(=O)c2nn(C)c3ccccc3c2=O)cc1. The summed E-state index contributed by atoms with van der Waals surface area (Å²) in [6, 6.07) is 14.0. The third-order valence-corrected chi connectivity index (χ3v) is 3.60. The fraction of sp³-hybridized carbons (Fsp3) is 0.167. The number of aryl methyl sites for hydroxylation is 1. The Morgan fingerprint density at radius 2 is 1.88 bits per heavy atom. The minimum absolute atomic E-state index is 0.134. The van der Waals surface area contributed by atoms with Gasteiger partial charge in [-0.2, -0.15) is 5.10 Å². The summed E-state index contributed by atoms with van der Waals surface area (Å²) >= 11 is 0. The number of para-hydroxylation sites is 1. The summed E-state index contributed by atoms with van der Waals surface area (Å²) in [6.45, 7) is 2.47. The molecule has 1 aromatic heterocycles. The Kier molecular flexibility index (Phi) is 4.29. The largest absolute Gasteiger partial charge is 0.494 e. The molecule has 6 nitrogen and oxygen atoms in total. The molecule has 1 amide bonds. The van der Waals surface area contributed by atoms with Crippen LogP contribution >= 0.6 is 0 Å². The van der Waals surface area contributed by atoms with Crippen molar-refractivity contribution in [2.75, 3.05) is 11.9 Å². The van der Waals surface area contributed by atoms with Crippen molar-refractivity contribution in [1.82, 2.24) is 9.78 Å². The molecule has 0 unspecified atom stereocenters. The normalized spacial score (nSPS) is 10.6. The smallest absolute Gasteiger partial charge is 0.280 e. The Bertz CT molecular complexity index is 946. The van der Waals surface area contributed by atoms with Crippen molar-refractivity contribution in [2.24, 2.45) is 7.05 Å². The first-order chi connectivity index (χ1) is 11.6. The summed E-state index contributed by atoms with van der Waals surface area (Å²) in [7, 11) is 1.70. The second kappa shape index (κ2) is 6.54. The summed E-state index contributed by atoms with van der Waals surface area (Å²) in [5.41, 5.74) is 0.734. The number of nitrogens with zero attached hydrogens (tertiary/aromatic N) is 2. The predicted octanol–water partition coefficient (Wildman–Crippen LogP) is 2.58. The van der Waals surface area contributed by atoms with Gasteiger partial charge >= 0.3 is 0 Å². The first kappa shape index (κ1) is 15.7. The number of hydrogen-bond acceptors (Lipinski definition) is 4. The number of rotatable bonds is 4. The number of carbonyl (C=O) groups is 1. The molecule has 0 aliphatic heterocycles. The molecule has 0 saturated carbocycles. The lowest BCUT2D eigenvalue weighted by molar-refractivity contribution is 0.101. The van der Waals surface area contributed by atoms with E-state index in [1.807, 2.05) is 13.0 Å². The van der Waals surface area contributed by atoms with Gasteiger partial charge in [-0.15, -0.1) is 0 Å². The number of nitrogens with one attached hydrogen (secondary N) is 1. The van der Waals surface area contributed by atoms with E-state index in [1.54, 1.807) is 49.5 Å². The lowest BCUT2D eigenvalue weighted by Gasteiger charge is -2.09. The van der Waals surface area contributed by atoms with Crippen LogP contribution in [0, 0.1) is 0 Å². The molecule has 0 fully saturated rings. The molecule has 24 heavy (non-hydrogen) atoms. The molecule has 0 radical (unpaired) electrons. The van der Waals surface area contributed by atoms with Crippen LogP contribution in [0.5, 0.6) is 5.75 Å². The van der Waals surface area contributed by atoms with Crippen LogP contribution in [-0.4, -0.2) is 22.3 Å². The van der Waals surface area contributed by atoms with E-state index < -0.39 is 5.91 Å². The van der Waals surface area contributed by atoms with E-state index in [0.717, 1.165) is 5.75 Å². The van der Waals surface area contributed by atoms with Crippen LogP contribution in [0.1, 0.15) is 17.4 Å². The first-order valence-corrected chi connectivity index (χ1v) is 7.60. The lowest BCUT2D eigenvalue weighted by atomic mass is 10.2. The Balaban J connectivity index is 1.91. The van der Waals surface area contributed by atoms with Crippen LogP contribution < -0.4 is 15.5 Å². The lowest BCUT2D eigenvalue weighted by Crippen LogP contribution is -2.26. The van der Waals surface area contributed by atoms with Gasteiger partial charge in [0.05, 0.1) is 12.1 Å². The van der Waals surface area contributed by atoms with Crippen molar-refractivity contribution < 1.29 is 9.53 Å². The van der Waals surface area contributed by atoms with Crippen molar-refractivity contribution in [3.8, 4) is 5.75 Å². The van der Waals surface area contributed by atoms with E-state index >= 15 is 0 Å². The zero-order chi connectivity index (χ0) is 17.1. The van der Waals surface area contributed by atoms with Crippen LogP contribution in [0.15, 0.2) is 53.3 Å². The van der Waals surface area contributed by atoms with E-state index in [-0.39, 0.29) is 11.1 Å². The van der Waals surface area contributed by atoms with Crippen LogP contribution in [0.2, 0.25) is 0 Å². The maximum Gasteiger partial charge on any atom is 0.280 e. The fourth-order valence-corrected chi connectivity index (χ4v) is 2.46. The van der Waals surface area contributed by atoms with E-state index in [2.05, 4.69) is 10.4 Å². The molecular formula is C18H17N3O3. The number of carbonyl (C=O) groups excluding carboxylic acids is 1. The molecule has 3 rings (SSSR count). The molecule has 3 aromatic rings. The summed E-state index contributed by atoms with van der Waals surface area (Å²) in [6.07, 6.45) is 0. The molecule has 2 aromatic carbocycles. The number of fused-ring (bicyclic) bond motifs is 1. The zero-order valence-corrected chi connectivity index (χ0v) is 13.4. The fourth-order valence-electron chi connectivity index (χ4n) is 2.46. The van der Waals surface area contributed by atoms with Gasteiger partial charge < -0.3 is 10.1 Å². The van der Waals surface area contributed by atoms with Gasteiger partial charge in [0.25, 0.3) is 5.91 Å². The second-order valence-electron chi connectivity index (χ2n) is 5.23. The van der Waals surface area contributed by atoms with Gasteiger partial charge in [0, 0.05) is 18.1 Å². The number of ether oxygens (including phenoxy) is 1. The molecular weight excluding hydrogens is 306 g/mol. The highest BCUT2D eigenvalue weighted by atomic mass is 16.5. The first-order valence-electron chi connectivity index (χ1n) is 7.60. The molecule has 1 heterocycles. The highest BCUT2D eigenvalue weighted by Gasteiger charge is 2.16. The third kappa shape index (κ3) is 2.99. The third-order valence-electron chi connectivity index (χ3n) is 3.60. The molecule has 1 N–H and O–H groups in total. The molecule has 0 aliphatic carbocycles. The van der Waals surface area contributed by atoms with Crippen LogP contribution in [-0.2, 0) is 7.05 Å². The van der Waals surface area contributed by atoms with Gasteiger partial charge in [0.15, 0.2) is 5.69 Å². The molecule has 122 valence electrons. The number of amides is 1. The van der Waals surface area contributed by atoms with Gasteiger partial charge in [-0.1, -0.05) is 12.1 Å². The Hall–Kier alpha value is -3.15. The second-order valence-corrected chi connectivity index (χ2v) is 5.23. The minimum atomic E-state index is -0.537. The van der Waals surface area contributed by atoms with Gasteiger partial charge in [0.1, 0.15) is 5.75 Å². The topological polar surface area (TPSA) is 73.2 Å². The maximum atomic E-state index is 12.5. The Labute approximate surface area is 138 Å². The Morgan fingerprint density at radius 3 is 2.58 bits per heavy atom. The number of hydrogen-bond donors (Lipinski definition) is 1. The molecule has 0 aliphatic rings. The average Bonchev–Trinajstić information content (AvgIpc) is 2.60.